The summed E-state index contributed by atoms with van der Waals surface area (Å²) >= 11 is 0. The molecule has 164 valence electrons. The quantitative estimate of drug-likeness (QED) is 0.462. The Morgan fingerprint density at radius 3 is 2.39 bits per heavy atom. The molecule has 1 unspecified atom stereocenters. The predicted octanol–water partition coefficient (Wildman–Crippen LogP) is 5.25. The van der Waals surface area contributed by atoms with E-state index in [0.717, 1.165) is 52.5 Å². The second kappa shape index (κ2) is 8.57. The fourth-order valence-electron chi connectivity index (χ4n) is 4.65. The topological polar surface area (TPSA) is 85.9 Å². The van der Waals surface area contributed by atoms with E-state index in [0.29, 0.717) is 17.7 Å². The SMILES string of the molecule is Cc1ccc(-c2cc3[nH]cc(C(=O)N4CCCC(N)C4)c3cc2-c2ccc(C#N)cc2)cc1. The van der Waals surface area contributed by atoms with Crippen LogP contribution in [0.2, 0.25) is 0 Å². The maximum absolute atomic E-state index is 13.4. The van der Waals surface area contributed by atoms with Gasteiger partial charge < -0.3 is 15.6 Å². The van der Waals surface area contributed by atoms with Gasteiger partial charge in [-0.25, -0.2) is 0 Å². The van der Waals surface area contributed by atoms with Crippen LogP contribution in [0.4, 0.5) is 0 Å². The molecule has 1 aliphatic heterocycles. The Morgan fingerprint density at radius 2 is 1.73 bits per heavy atom. The van der Waals surface area contributed by atoms with Gasteiger partial charge in [-0.3, -0.25) is 4.79 Å². The molecule has 1 amide bonds. The number of fused-ring (bicyclic) bond motifs is 1. The lowest BCUT2D eigenvalue weighted by molar-refractivity contribution is 0.0711. The van der Waals surface area contributed by atoms with Crippen LogP contribution in [0.15, 0.2) is 66.9 Å². The first kappa shape index (κ1) is 21.0. The number of carbonyl (C=O) groups excluding carboxylic acids is 1. The van der Waals surface area contributed by atoms with Gasteiger partial charge in [-0.2, -0.15) is 5.26 Å². The van der Waals surface area contributed by atoms with Crippen molar-refractivity contribution >= 4 is 16.8 Å². The van der Waals surface area contributed by atoms with Gasteiger partial charge in [0.25, 0.3) is 5.91 Å². The molecule has 2 heterocycles. The first-order valence-electron chi connectivity index (χ1n) is 11.3. The summed E-state index contributed by atoms with van der Waals surface area (Å²) in [5.74, 6) is 0.0188. The van der Waals surface area contributed by atoms with Crippen molar-refractivity contribution in [3.63, 3.8) is 0 Å². The van der Waals surface area contributed by atoms with Crippen LogP contribution >= 0.6 is 0 Å². The lowest BCUT2D eigenvalue weighted by Crippen LogP contribution is -2.45. The molecule has 1 aliphatic rings. The molecule has 3 N–H and O–H groups in total. The fraction of sp³-hybridized carbons (Fsp3) is 0.214. The zero-order valence-corrected chi connectivity index (χ0v) is 18.6. The Bertz CT molecular complexity index is 1360. The van der Waals surface area contributed by atoms with Crippen LogP contribution in [0.5, 0.6) is 0 Å². The standard InChI is InChI=1S/C28H26N4O/c1-18-4-8-20(9-5-18)24-14-27-25(13-23(24)21-10-6-19(15-29)7-11-21)26(16-31-27)28(33)32-12-2-3-22(30)17-32/h4-11,13-14,16,22,31H,2-3,12,17,30H2,1H3. The third-order valence-electron chi connectivity index (χ3n) is 6.48. The second-order valence-corrected chi connectivity index (χ2v) is 8.85. The molecule has 4 aromatic rings. The van der Waals surface area contributed by atoms with Gasteiger partial charge in [0, 0.05) is 36.2 Å². The minimum absolute atomic E-state index is 0.0188. The van der Waals surface area contributed by atoms with Crippen LogP contribution in [0.25, 0.3) is 33.2 Å². The number of hydrogen-bond acceptors (Lipinski definition) is 3. The number of nitriles is 1. The van der Waals surface area contributed by atoms with Crippen molar-refractivity contribution in [1.82, 2.24) is 9.88 Å². The van der Waals surface area contributed by atoms with Crippen LogP contribution in [0.3, 0.4) is 0 Å². The van der Waals surface area contributed by atoms with E-state index in [-0.39, 0.29) is 11.9 Å². The van der Waals surface area contributed by atoms with Gasteiger partial charge in [-0.1, -0.05) is 42.0 Å². The Kier molecular flexibility index (Phi) is 5.45. The summed E-state index contributed by atoms with van der Waals surface area (Å²) in [6.07, 6.45) is 3.71. The Hall–Kier alpha value is -3.88. The van der Waals surface area contributed by atoms with E-state index in [2.05, 4.69) is 54.4 Å². The molecular formula is C28H26N4O. The second-order valence-electron chi connectivity index (χ2n) is 8.85. The van der Waals surface area contributed by atoms with E-state index >= 15 is 0 Å². The first-order valence-corrected chi connectivity index (χ1v) is 11.3. The minimum atomic E-state index is 0.0188. The molecule has 33 heavy (non-hydrogen) atoms. The van der Waals surface area contributed by atoms with Gasteiger partial charge in [0.15, 0.2) is 0 Å². The van der Waals surface area contributed by atoms with Crippen molar-refractivity contribution in [2.75, 3.05) is 13.1 Å². The maximum Gasteiger partial charge on any atom is 0.256 e. The van der Waals surface area contributed by atoms with Gasteiger partial charge in [0.1, 0.15) is 0 Å². The van der Waals surface area contributed by atoms with E-state index in [1.54, 1.807) is 0 Å². The highest BCUT2D eigenvalue weighted by atomic mass is 16.2. The van der Waals surface area contributed by atoms with Crippen LogP contribution < -0.4 is 5.73 Å². The molecule has 5 heteroatoms. The maximum atomic E-state index is 13.4. The lowest BCUT2D eigenvalue weighted by Gasteiger charge is -2.30. The zero-order valence-electron chi connectivity index (χ0n) is 18.6. The first-order chi connectivity index (χ1) is 16.0. The van der Waals surface area contributed by atoms with Crippen molar-refractivity contribution < 1.29 is 4.79 Å². The molecule has 0 aliphatic carbocycles. The fourth-order valence-corrected chi connectivity index (χ4v) is 4.65. The van der Waals surface area contributed by atoms with Crippen LogP contribution in [0.1, 0.15) is 34.3 Å². The predicted molar refractivity (Wildman–Crippen MR) is 132 cm³/mol. The Morgan fingerprint density at radius 1 is 1.06 bits per heavy atom. The number of rotatable bonds is 3. The molecular weight excluding hydrogens is 408 g/mol. The van der Waals surface area contributed by atoms with E-state index in [9.17, 15) is 10.1 Å². The number of nitrogens with zero attached hydrogens (tertiary/aromatic N) is 2. The molecule has 1 atom stereocenters. The highest BCUT2D eigenvalue weighted by Crippen LogP contribution is 2.37. The number of benzene rings is 3. The van der Waals surface area contributed by atoms with Crippen molar-refractivity contribution in [1.29, 1.82) is 5.26 Å². The molecule has 0 saturated carbocycles. The number of likely N-dealkylation sites (tertiary alicyclic amines) is 1. The third kappa shape index (κ3) is 4.02. The van der Waals surface area contributed by atoms with Crippen LogP contribution in [-0.4, -0.2) is 34.9 Å². The number of amides is 1. The number of nitrogens with one attached hydrogen (secondary N) is 1. The molecule has 5 rings (SSSR count). The number of aryl methyl sites for hydroxylation is 1. The summed E-state index contributed by atoms with van der Waals surface area (Å²) in [4.78, 5) is 18.5. The molecule has 1 fully saturated rings. The summed E-state index contributed by atoms with van der Waals surface area (Å²) < 4.78 is 0. The molecule has 0 spiro atoms. The van der Waals surface area contributed by atoms with Gasteiger partial charge in [-0.05, 0) is 66.3 Å². The smallest absolute Gasteiger partial charge is 0.256 e. The van der Waals surface area contributed by atoms with Crippen molar-refractivity contribution in [3.05, 3.63) is 83.6 Å². The van der Waals surface area contributed by atoms with Gasteiger partial charge in [0.05, 0.1) is 17.2 Å². The number of hydrogen-bond donors (Lipinski definition) is 2. The normalized spacial score (nSPS) is 16.0. The van der Waals surface area contributed by atoms with Crippen molar-refractivity contribution in [3.8, 4) is 28.3 Å². The largest absolute Gasteiger partial charge is 0.360 e. The summed E-state index contributed by atoms with van der Waals surface area (Å²) in [6.45, 7) is 3.41. The highest BCUT2D eigenvalue weighted by Gasteiger charge is 2.25. The van der Waals surface area contributed by atoms with E-state index < -0.39 is 0 Å². The third-order valence-corrected chi connectivity index (χ3v) is 6.48. The van der Waals surface area contributed by atoms with Gasteiger partial charge in [-0.15, -0.1) is 0 Å². The minimum Gasteiger partial charge on any atom is -0.360 e. The average molecular weight is 435 g/mol. The van der Waals surface area contributed by atoms with Crippen molar-refractivity contribution in [2.45, 2.75) is 25.8 Å². The Balaban J connectivity index is 1.66. The van der Waals surface area contributed by atoms with Crippen LogP contribution in [-0.2, 0) is 0 Å². The number of carbonyl (C=O) groups is 1. The molecule has 1 saturated heterocycles. The monoisotopic (exact) mass is 434 g/mol. The van der Waals surface area contributed by atoms with E-state index in [4.69, 9.17) is 5.73 Å². The number of H-pyrrole nitrogens is 1. The molecule has 0 bridgehead atoms. The molecule has 3 aromatic carbocycles. The Labute approximate surface area is 193 Å². The van der Waals surface area contributed by atoms with Crippen molar-refractivity contribution in [2.24, 2.45) is 5.73 Å². The molecule has 1 aromatic heterocycles. The highest BCUT2D eigenvalue weighted by molar-refractivity contribution is 6.09. The summed E-state index contributed by atoms with van der Waals surface area (Å²) in [5, 5.41) is 10.1. The number of nitrogens with two attached hydrogens (primary N) is 1. The molecule has 5 nitrogen and oxygen atoms in total. The summed E-state index contributed by atoms with van der Waals surface area (Å²) in [6, 6.07) is 22.5. The average Bonchev–Trinajstić information content (AvgIpc) is 3.26. The number of aromatic nitrogens is 1. The molecule has 0 radical (unpaired) electrons. The number of piperidine rings is 1. The summed E-state index contributed by atoms with van der Waals surface area (Å²) in [7, 11) is 0. The lowest BCUT2D eigenvalue weighted by atomic mass is 9.91. The summed E-state index contributed by atoms with van der Waals surface area (Å²) in [5.41, 5.74) is 13.8. The van der Waals surface area contributed by atoms with E-state index in [1.807, 2.05) is 35.4 Å². The van der Waals surface area contributed by atoms with Gasteiger partial charge in [0.2, 0.25) is 0 Å². The number of aromatic amines is 1. The zero-order chi connectivity index (χ0) is 22.9. The van der Waals surface area contributed by atoms with Crippen LogP contribution in [0, 0.1) is 18.3 Å². The van der Waals surface area contributed by atoms with Gasteiger partial charge >= 0.3 is 0 Å². The van der Waals surface area contributed by atoms with E-state index in [1.165, 1.54) is 5.56 Å².